The average molecular weight is 617 g/mol. The second-order valence-electron chi connectivity index (χ2n) is 10.1. The van der Waals surface area contributed by atoms with E-state index in [9.17, 15) is 18.0 Å². The van der Waals surface area contributed by atoms with Crippen LogP contribution in [0.4, 0.5) is 5.69 Å². The lowest BCUT2D eigenvalue weighted by atomic mass is 10.1. The average Bonchev–Trinajstić information content (AvgIpc) is 3.49. The summed E-state index contributed by atoms with van der Waals surface area (Å²) < 4.78 is 28.8. The molecule has 2 amide bonds. The molecule has 0 spiro atoms. The molecule has 0 unspecified atom stereocenters. The van der Waals surface area contributed by atoms with Gasteiger partial charge in [-0.3, -0.25) is 13.9 Å². The third-order valence-corrected chi connectivity index (χ3v) is 9.96. The highest BCUT2D eigenvalue weighted by molar-refractivity contribution is 7.92. The Bertz CT molecular complexity index is 1430. The Kier molecular flexibility index (Phi) is 10.7. The van der Waals surface area contributed by atoms with E-state index in [1.54, 1.807) is 30.3 Å². The second-order valence-corrected chi connectivity index (χ2v) is 12.8. The molecule has 1 atom stereocenters. The predicted octanol–water partition coefficient (Wildman–Crippen LogP) is 6.10. The van der Waals surface area contributed by atoms with Gasteiger partial charge in [0.2, 0.25) is 11.8 Å². The molecule has 1 fully saturated rings. The number of benzene rings is 3. The number of nitrogens with zero attached hydrogens (tertiary/aromatic N) is 2. The van der Waals surface area contributed by atoms with E-state index in [0.717, 1.165) is 35.6 Å². The van der Waals surface area contributed by atoms with Crippen molar-refractivity contribution in [1.29, 1.82) is 0 Å². The van der Waals surface area contributed by atoms with E-state index in [1.165, 1.54) is 23.1 Å². The Hall–Kier alpha value is -3.07. The first-order valence-corrected chi connectivity index (χ1v) is 16.1. The number of hydrogen-bond acceptors (Lipinski definition) is 4. The minimum absolute atomic E-state index is 0.00527. The van der Waals surface area contributed by atoms with Crippen LogP contribution >= 0.6 is 23.2 Å². The smallest absolute Gasteiger partial charge is 0.264 e. The standard InChI is InChI=1S/C31H35Cl2N3O4S/c1-2-27(31(38)34-24-14-9-10-15-24)35(21-20-23-12-5-3-6-13-23)29(37)22-36(28-19-11-18-26(32)30(28)33)41(39,40)25-16-7-4-8-17-25/h3-8,11-13,16-19,24,27H,2,9-10,14-15,20-22H2,1H3,(H,34,38)/t27-/m1/s1. The molecule has 218 valence electrons. The molecule has 4 rings (SSSR count). The summed E-state index contributed by atoms with van der Waals surface area (Å²) in [5, 5.41) is 3.30. The van der Waals surface area contributed by atoms with E-state index in [-0.39, 0.29) is 39.1 Å². The minimum Gasteiger partial charge on any atom is -0.352 e. The van der Waals surface area contributed by atoms with E-state index in [2.05, 4.69) is 5.32 Å². The van der Waals surface area contributed by atoms with Gasteiger partial charge in [-0.25, -0.2) is 8.42 Å². The van der Waals surface area contributed by atoms with Gasteiger partial charge in [0.05, 0.1) is 20.6 Å². The topological polar surface area (TPSA) is 86.8 Å². The summed E-state index contributed by atoms with van der Waals surface area (Å²) in [7, 11) is -4.22. The van der Waals surface area contributed by atoms with Crippen molar-refractivity contribution in [3.8, 4) is 0 Å². The zero-order valence-corrected chi connectivity index (χ0v) is 25.3. The van der Waals surface area contributed by atoms with Gasteiger partial charge in [0, 0.05) is 12.6 Å². The van der Waals surface area contributed by atoms with Gasteiger partial charge in [-0.05, 0) is 55.5 Å². The zero-order chi connectivity index (χ0) is 29.4. The molecule has 1 aliphatic rings. The van der Waals surface area contributed by atoms with Gasteiger partial charge in [-0.1, -0.05) is 97.6 Å². The van der Waals surface area contributed by atoms with Crippen LogP contribution in [0.25, 0.3) is 0 Å². The van der Waals surface area contributed by atoms with Crippen LogP contribution in [0.15, 0.2) is 83.8 Å². The van der Waals surface area contributed by atoms with Crippen molar-refractivity contribution in [3.05, 3.63) is 94.5 Å². The number of anilines is 1. The van der Waals surface area contributed by atoms with E-state index in [1.807, 2.05) is 37.3 Å². The van der Waals surface area contributed by atoms with Crippen molar-refractivity contribution >= 4 is 50.7 Å². The Morgan fingerprint density at radius 1 is 0.927 bits per heavy atom. The zero-order valence-electron chi connectivity index (χ0n) is 23.0. The number of carbonyl (C=O) groups is 2. The molecule has 1 saturated carbocycles. The number of nitrogens with one attached hydrogen (secondary N) is 1. The van der Waals surface area contributed by atoms with Crippen LogP contribution in [-0.2, 0) is 26.0 Å². The number of hydrogen-bond donors (Lipinski definition) is 1. The van der Waals surface area contributed by atoms with Gasteiger partial charge >= 0.3 is 0 Å². The van der Waals surface area contributed by atoms with Crippen LogP contribution in [0.2, 0.25) is 10.0 Å². The highest BCUT2D eigenvalue weighted by Crippen LogP contribution is 2.35. The molecule has 0 aromatic heterocycles. The summed E-state index contributed by atoms with van der Waals surface area (Å²) in [6.07, 6.45) is 4.83. The van der Waals surface area contributed by atoms with E-state index in [4.69, 9.17) is 23.2 Å². The number of carbonyl (C=O) groups excluding carboxylic acids is 2. The lowest BCUT2D eigenvalue weighted by molar-refractivity contribution is -0.139. The molecule has 3 aromatic carbocycles. The van der Waals surface area contributed by atoms with Crippen LogP contribution in [0.3, 0.4) is 0 Å². The van der Waals surface area contributed by atoms with Gasteiger partial charge in [0.1, 0.15) is 12.6 Å². The number of amides is 2. The highest BCUT2D eigenvalue weighted by Gasteiger charge is 2.35. The Balaban J connectivity index is 1.69. The molecular formula is C31H35Cl2N3O4S. The first-order valence-electron chi connectivity index (χ1n) is 13.9. The van der Waals surface area contributed by atoms with Gasteiger partial charge in [-0.2, -0.15) is 0 Å². The predicted molar refractivity (Wildman–Crippen MR) is 164 cm³/mol. The summed E-state index contributed by atoms with van der Waals surface area (Å²) in [5.41, 5.74) is 1.09. The van der Waals surface area contributed by atoms with Gasteiger partial charge in [0.25, 0.3) is 10.0 Å². The van der Waals surface area contributed by atoms with Crippen molar-refractivity contribution in [3.63, 3.8) is 0 Å². The van der Waals surface area contributed by atoms with Crippen molar-refractivity contribution in [1.82, 2.24) is 10.2 Å². The van der Waals surface area contributed by atoms with Crippen molar-refractivity contribution in [2.75, 3.05) is 17.4 Å². The molecule has 10 heteroatoms. The summed E-state index contributed by atoms with van der Waals surface area (Å²) in [5.74, 6) is -0.732. The van der Waals surface area contributed by atoms with Crippen LogP contribution in [0.5, 0.6) is 0 Å². The molecule has 3 aromatic rings. The molecule has 0 saturated heterocycles. The number of sulfonamides is 1. The fraction of sp³-hybridized carbons (Fsp3) is 0.355. The lowest BCUT2D eigenvalue weighted by Crippen LogP contribution is -2.54. The third-order valence-electron chi connectivity index (χ3n) is 7.38. The monoisotopic (exact) mass is 615 g/mol. The fourth-order valence-corrected chi connectivity index (χ4v) is 7.08. The SMILES string of the molecule is CC[C@H](C(=O)NC1CCCC1)N(CCc1ccccc1)C(=O)CN(c1cccc(Cl)c1Cl)S(=O)(=O)c1ccccc1. The Morgan fingerprint density at radius 3 is 2.20 bits per heavy atom. The van der Waals surface area contributed by atoms with Crippen LogP contribution in [-0.4, -0.2) is 50.3 Å². The van der Waals surface area contributed by atoms with Crippen molar-refractivity contribution in [2.24, 2.45) is 0 Å². The van der Waals surface area contributed by atoms with Crippen molar-refractivity contribution < 1.29 is 18.0 Å². The normalized spacial score (nSPS) is 14.4. The lowest BCUT2D eigenvalue weighted by Gasteiger charge is -2.34. The van der Waals surface area contributed by atoms with Gasteiger partial charge < -0.3 is 10.2 Å². The first kappa shape index (κ1) is 30.9. The largest absolute Gasteiger partial charge is 0.352 e. The first-order chi connectivity index (χ1) is 19.7. The molecule has 1 N–H and O–H groups in total. The highest BCUT2D eigenvalue weighted by atomic mass is 35.5. The van der Waals surface area contributed by atoms with Crippen LogP contribution < -0.4 is 9.62 Å². The molecule has 41 heavy (non-hydrogen) atoms. The van der Waals surface area contributed by atoms with Gasteiger partial charge in [-0.15, -0.1) is 0 Å². The quantitative estimate of drug-likeness (QED) is 0.267. The fourth-order valence-electron chi connectivity index (χ4n) is 5.18. The molecular weight excluding hydrogens is 581 g/mol. The minimum atomic E-state index is -4.22. The molecule has 0 aliphatic heterocycles. The maximum absolute atomic E-state index is 14.1. The maximum atomic E-state index is 14.1. The molecule has 7 nitrogen and oxygen atoms in total. The summed E-state index contributed by atoms with van der Waals surface area (Å²) >= 11 is 12.8. The van der Waals surface area contributed by atoms with Crippen molar-refractivity contribution in [2.45, 2.75) is 62.4 Å². The maximum Gasteiger partial charge on any atom is 0.264 e. The molecule has 0 bridgehead atoms. The van der Waals surface area contributed by atoms with E-state index < -0.39 is 28.5 Å². The number of halogens is 2. The Labute approximate surface area is 252 Å². The van der Waals surface area contributed by atoms with E-state index >= 15 is 0 Å². The van der Waals surface area contributed by atoms with Crippen LogP contribution in [0, 0.1) is 0 Å². The number of rotatable bonds is 12. The van der Waals surface area contributed by atoms with E-state index in [0.29, 0.717) is 12.8 Å². The summed E-state index contributed by atoms with van der Waals surface area (Å²) in [4.78, 5) is 29.1. The van der Waals surface area contributed by atoms with Crippen LogP contribution in [0.1, 0.15) is 44.6 Å². The molecule has 0 radical (unpaired) electrons. The second kappa shape index (κ2) is 14.2. The Morgan fingerprint density at radius 2 is 1.56 bits per heavy atom. The summed E-state index contributed by atoms with van der Waals surface area (Å²) in [6.45, 7) is 1.54. The molecule has 0 heterocycles. The third kappa shape index (κ3) is 7.61. The summed E-state index contributed by atoms with van der Waals surface area (Å²) in [6, 6.07) is 21.5. The molecule has 1 aliphatic carbocycles. The van der Waals surface area contributed by atoms with Gasteiger partial charge in [0.15, 0.2) is 0 Å².